The minimum absolute atomic E-state index is 0.0880. The van der Waals surface area contributed by atoms with Gasteiger partial charge in [0.2, 0.25) is 5.91 Å². The molecule has 23 heavy (non-hydrogen) atoms. The van der Waals surface area contributed by atoms with Gasteiger partial charge in [0.25, 0.3) is 0 Å². The van der Waals surface area contributed by atoms with E-state index in [-0.39, 0.29) is 5.91 Å². The highest BCUT2D eigenvalue weighted by atomic mass is 16.5. The largest absolute Gasteiger partial charge is 0.489 e. The van der Waals surface area contributed by atoms with Crippen LogP contribution in [0.2, 0.25) is 0 Å². The Morgan fingerprint density at radius 3 is 2.74 bits per heavy atom. The maximum Gasteiger partial charge on any atom is 0.221 e. The molecule has 3 aromatic rings. The van der Waals surface area contributed by atoms with Gasteiger partial charge in [-0.1, -0.05) is 12.1 Å². The van der Waals surface area contributed by atoms with E-state index in [9.17, 15) is 4.79 Å². The van der Waals surface area contributed by atoms with Gasteiger partial charge in [0, 0.05) is 30.7 Å². The lowest BCUT2D eigenvalue weighted by Gasteiger charge is -2.09. The second kappa shape index (κ2) is 6.79. The summed E-state index contributed by atoms with van der Waals surface area (Å²) in [5.41, 5.74) is 2.87. The van der Waals surface area contributed by atoms with E-state index in [1.165, 1.54) is 6.92 Å². The van der Waals surface area contributed by atoms with E-state index in [0.29, 0.717) is 6.61 Å². The third kappa shape index (κ3) is 3.97. The first-order chi connectivity index (χ1) is 11.2. The minimum Gasteiger partial charge on any atom is -0.489 e. The zero-order chi connectivity index (χ0) is 16.1. The van der Waals surface area contributed by atoms with E-state index in [2.05, 4.69) is 16.4 Å². The summed E-state index contributed by atoms with van der Waals surface area (Å²) in [5.74, 6) is 0.669. The Hall–Kier alpha value is -3.08. The summed E-state index contributed by atoms with van der Waals surface area (Å²) in [6, 6.07) is 15.4. The Morgan fingerprint density at radius 1 is 1.22 bits per heavy atom. The Morgan fingerprint density at radius 2 is 2.04 bits per heavy atom. The van der Waals surface area contributed by atoms with E-state index in [0.717, 1.165) is 22.7 Å². The zero-order valence-corrected chi connectivity index (χ0v) is 12.8. The van der Waals surface area contributed by atoms with Crippen LogP contribution in [0.5, 0.6) is 5.75 Å². The summed E-state index contributed by atoms with van der Waals surface area (Å²) in [6.07, 6.45) is 5.42. The highest BCUT2D eigenvalue weighted by Crippen LogP contribution is 2.18. The number of anilines is 1. The standard InChI is InChI=1S/C18H17N3O2/c1-14(22)20-16-5-7-18(8-6-16)23-12-15-3-2-4-17(11-15)21-10-9-19-13-21/h2-11,13H,12H2,1H3,(H,20,22). The van der Waals surface area contributed by atoms with Crippen LogP contribution in [0, 0.1) is 0 Å². The lowest BCUT2D eigenvalue weighted by molar-refractivity contribution is -0.114. The summed E-state index contributed by atoms with van der Waals surface area (Å²) in [6.45, 7) is 1.96. The van der Waals surface area contributed by atoms with Crippen molar-refractivity contribution < 1.29 is 9.53 Å². The van der Waals surface area contributed by atoms with Crippen molar-refractivity contribution in [2.45, 2.75) is 13.5 Å². The van der Waals surface area contributed by atoms with Crippen LogP contribution in [0.1, 0.15) is 12.5 Å². The Balaban J connectivity index is 1.64. The molecule has 1 aromatic heterocycles. The number of aromatic nitrogens is 2. The first-order valence-corrected chi connectivity index (χ1v) is 7.28. The highest BCUT2D eigenvalue weighted by molar-refractivity contribution is 5.88. The van der Waals surface area contributed by atoms with Crippen LogP contribution in [0.15, 0.2) is 67.3 Å². The van der Waals surface area contributed by atoms with Crippen LogP contribution in [-0.2, 0) is 11.4 Å². The summed E-state index contributed by atoms with van der Waals surface area (Å²) in [4.78, 5) is 15.0. The molecule has 0 spiro atoms. The second-order valence-corrected chi connectivity index (χ2v) is 5.13. The Bertz CT molecular complexity index is 780. The molecule has 0 aliphatic carbocycles. The average Bonchev–Trinajstić information content (AvgIpc) is 3.08. The third-order valence-corrected chi connectivity index (χ3v) is 3.29. The summed E-state index contributed by atoms with van der Waals surface area (Å²) >= 11 is 0. The lowest BCUT2D eigenvalue weighted by atomic mass is 10.2. The van der Waals surface area contributed by atoms with E-state index in [1.807, 2.05) is 53.2 Å². The molecule has 0 saturated carbocycles. The van der Waals surface area contributed by atoms with Crippen LogP contribution < -0.4 is 10.1 Å². The van der Waals surface area contributed by atoms with Gasteiger partial charge in [0.05, 0.1) is 6.33 Å². The molecular formula is C18H17N3O2. The van der Waals surface area contributed by atoms with E-state index >= 15 is 0 Å². The molecule has 3 rings (SSSR count). The molecule has 2 aromatic carbocycles. The van der Waals surface area contributed by atoms with Crippen molar-refractivity contribution in [3.05, 3.63) is 72.8 Å². The first kappa shape index (κ1) is 14.8. The molecule has 0 aliphatic heterocycles. The fourth-order valence-corrected chi connectivity index (χ4v) is 2.22. The fourth-order valence-electron chi connectivity index (χ4n) is 2.22. The number of carbonyl (C=O) groups excluding carboxylic acids is 1. The normalized spacial score (nSPS) is 10.3. The van der Waals surface area contributed by atoms with E-state index < -0.39 is 0 Å². The Kier molecular flexibility index (Phi) is 4.38. The first-order valence-electron chi connectivity index (χ1n) is 7.28. The molecule has 0 aliphatic rings. The number of rotatable bonds is 5. The number of amides is 1. The minimum atomic E-state index is -0.0880. The van der Waals surface area contributed by atoms with Crippen molar-refractivity contribution in [1.82, 2.24) is 9.55 Å². The smallest absolute Gasteiger partial charge is 0.221 e. The van der Waals surface area contributed by atoms with Gasteiger partial charge in [-0.15, -0.1) is 0 Å². The van der Waals surface area contributed by atoms with Crippen molar-refractivity contribution in [3.63, 3.8) is 0 Å². The van der Waals surface area contributed by atoms with Gasteiger partial charge >= 0.3 is 0 Å². The molecule has 0 fully saturated rings. The molecule has 1 amide bonds. The van der Waals surface area contributed by atoms with Crippen LogP contribution in [0.4, 0.5) is 5.69 Å². The monoisotopic (exact) mass is 307 g/mol. The van der Waals surface area contributed by atoms with Crippen molar-refractivity contribution in [3.8, 4) is 11.4 Å². The predicted octanol–water partition coefficient (Wildman–Crippen LogP) is 3.41. The van der Waals surface area contributed by atoms with Crippen LogP contribution in [0.25, 0.3) is 5.69 Å². The van der Waals surface area contributed by atoms with Gasteiger partial charge in [-0.3, -0.25) is 4.79 Å². The molecule has 0 unspecified atom stereocenters. The summed E-state index contributed by atoms with van der Waals surface area (Å²) in [7, 11) is 0. The molecular weight excluding hydrogens is 290 g/mol. The number of nitrogens with one attached hydrogen (secondary N) is 1. The quantitative estimate of drug-likeness (QED) is 0.786. The van der Waals surface area contributed by atoms with Crippen molar-refractivity contribution in [2.24, 2.45) is 0 Å². The van der Waals surface area contributed by atoms with Crippen molar-refractivity contribution in [1.29, 1.82) is 0 Å². The molecule has 1 heterocycles. The highest BCUT2D eigenvalue weighted by Gasteiger charge is 2.01. The van der Waals surface area contributed by atoms with Gasteiger partial charge < -0.3 is 14.6 Å². The van der Waals surface area contributed by atoms with Gasteiger partial charge in [0.15, 0.2) is 0 Å². The van der Waals surface area contributed by atoms with Gasteiger partial charge in [-0.2, -0.15) is 0 Å². The molecule has 5 nitrogen and oxygen atoms in total. The number of hydrogen-bond acceptors (Lipinski definition) is 3. The number of imidazole rings is 1. The average molecular weight is 307 g/mol. The molecule has 5 heteroatoms. The number of carbonyl (C=O) groups is 1. The van der Waals surface area contributed by atoms with Gasteiger partial charge in [-0.05, 0) is 42.0 Å². The SMILES string of the molecule is CC(=O)Nc1ccc(OCc2cccc(-n3ccnc3)c2)cc1. The molecule has 0 radical (unpaired) electrons. The third-order valence-electron chi connectivity index (χ3n) is 3.29. The van der Waals surface area contributed by atoms with Crippen LogP contribution in [0.3, 0.4) is 0 Å². The molecule has 0 saturated heterocycles. The van der Waals surface area contributed by atoms with Gasteiger partial charge in [0.1, 0.15) is 12.4 Å². The predicted molar refractivity (Wildman–Crippen MR) is 88.6 cm³/mol. The van der Waals surface area contributed by atoms with Crippen molar-refractivity contribution in [2.75, 3.05) is 5.32 Å². The molecule has 1 N–H and O–H groups in total. The molecule has 0 bridgehead atoms. The number of ether oxygens (including phenoxy) is 1. The maximum absolute atomic E-state index is 11.0. The lowest BCUT2D eigenvalue weighted by Crippen LogP contribution is -2.05. The topological polar surface area (TPSA) is 56.1 Å². The number of benzene rings is 2. The number of nitrogens with zero attached hydrogens (tertiary/aromatic N) is 2. The zero-order valence-electron chi connectivity index (χ0n) is 12.8. The fraction of sp³-hybridized carbons (Fsp3) is 0.111. The molecule has 0 atom stereocenters. The summed E-state index contributed by atoms with van der Waals surface area (Å²) < 4.78 is 7.74. The van der Waals surface area contributed by atoms with E-state index in [1.54, 1.807) is 12.5 Å². The van der Waals surface area contributed by atoms with Crippen LogP contribution >= 0.6 is 0 Å². The van der Waals surface area contributed by atoms with E-state index in [4.69, 9.17) is 4.74 Å². The van der Waals surface area contributed by atoms with Crippen molar-refractivity contribution >= 4 is 11.6 Å². The second-order valence-electron chi connectivity index (χ2n) is 5.13. The number of hydrogen-bond donors (Lipinski definition) is 1. The van der Waals surface area contributed by atoms with Gasteiger partial charge in [-0.25, -0.2) is 4.98 Å². The maximum atomic E-state index is 11.0. The Labute approximate surface area is 134 Å². The summed E-state index contributed by atoms with van der Waals surface area (Å²) in [5, 5.41) is 2.73. The molecule has 116 valence electrons. The van der Waals surface area contributed by atoms with Crippen LogP contribution in [-0.4, -0.2) is 15.5 Å².